The highest BCUT2D eigenvalue weighted by molar-refractivity contribution is 7.99. The van der Waals surface area contributed by atoms with Crippen LogP contribution in [0.1, 0.15) is 0 Å². The van der Waals surface area contributed by atoms with Crippen LogP contribution in [0.3, 0.4) is 0 Å². The van der Waals surface area contributed by atoms with Gasteiger partial charge in [0.05, 0.1) is 0 Å². The van der Waals surface area contributed by atoms with Gasteiger partial charge in [-0.05, 0) is 24.3 Å². The highest BCUT2D eigenvalue weighted by Gasteiger charge is 2.10. The van der Waals surface area contributed by atoms with Crippen molar-refractivity contribution in [3.8, 4) is 12.1 Å². The summed E-state index contributed by atoms with van der Waals surface area (Å²) in [5.74, 6) is 2.35. The predicted octanol–water partition coefficient (Wildman–Crippen LogP) is 2.58. The molecule has 2 rings (SSSR count). The van der Waals surface area contributed by atoms with E-state index in [0.29, 0.717) is 0 Å². The minimum atomic E-state index is 0.0668. The highest BCUT2D eigenvalue weighted by atomic mass is 32.2. The van der Waals surface area contributed by atoms with Crippen LogP contribution in [0.4, 0.5) is 11.4 Å². The molecule has 1 aliphatic rings. The molecule has 0 atom stereocenters. The van der Waals surface area contributed by atoms with Crippen LogP contribution < -0.4 is 10.2 Å². The smallest absolute Gasteiger partial charge is 0.145 e. The number of anilines is 2. The Labute approximate surface area is 117 Å². The summed E-state index contributed by atoms with van der Waals surface area (Å²) >= 11 is 1.99. The first-order valence-corrected chi connectivity index (χ1v) is 7.18. The van der Waals surface area contributed by atoms with E-state index in [1.807, 2.05) is 36.0 Å². The maximum atomic E-state index is 8.63. The van der Waals surface area contributed by atoms with Crippen molar-refractivity contribution < 1.29 is 0 Å². The average Bonchev–Trinajstić information content (AvgIpc) is 2.50. The zero-order chi connectivity index (χ0) is 13.5. The van der Waals surface area contributed by atoms with Crippen molar-refractivity contribution in [3.05, 3.63) is 36.0 Å². The third-order valence-corrected chi connectivity index (χ3v) is 3.81. The molecule has 0 unspecified atom stereocenters. The summed E-state index contributed by atoms with van der Waals surface area (Å²) in [6.07, 6.45) is 1.42. The van der Waals surface area contributed by atoms with Gasteiger partial charge in [0.1, 0.15) is 17.7 Å². The zero-order valence-electron chi connectivity index (χ0n) is 10.5. The normalized spacial score (nSPS) is 14.1. The van der Waals surface area contributed by atoms with Crippen molar-refractivity contribution in [2.75, 3.05) is 34.8 Å². The van der Waals surface area contributed by atoms with E-state index in [1.54, 1.807) is 0 Å². The molecular weight excluding hydrogens is 256 g/mol. The molecule has 0 amide bonds. The van der Waals surface area contributed by atoms with E-state index >= 15 is 0 Å². The molecule has 0 aromatic heterocycles. The monoisotopic (exact) mass is 270 g/mol. The standard InChI is InChI=1S/C14H14N4S/c15-9-12(10-16)11-17-13-1-3-14(4-2-13)18-5-7-19-8-6-18/h1-4,11,17H,5-8H2. The molecule has 1 aliphatic heterocycles. The lowest BCUT2D eigenvalue weighted by molar-refractivity contribution is 0.859. The summed E-state index contributed by atoms with van der Waals surface area (Å²) < 4.78 is 0. The fourth-order valence-electron chi connectivity index (χ4n) is 1.84. The van der Waals surface area contributed by atoms with Gasteiger partial charge >= 0.3 is 0 Å². The van der Waals surface area contributed by atoms with Crippen LogP contribution in [0.2, 0.25) is 0 Å². The van der Waals surface area contributed by atoms with Gasteiger partial charge in [0, 0.05) is 42.2 Å². The molecule has 1 saturated heterocycles. The van der Waals surface area contributed by atoms with Gasteiger partial charge in [-0.1, -0.05) is 0 Å². The van der Waals surface area contributed by atoms with Gasteiger partial charge in [-0.2, -0.15) is 22.3 Å². The first-order valence-electron chi connectivity index (χ1n) is 6.03. The lowest BCUT2D eigenvalue weighted by Crippen LogP contribution is -2.32. The second-order valence-corrected chi connectivity index (χ2v) is 5.30. The quantitative estimate of drug-likeness (QED) is 0.855. The average molecular weight is 270 g/mol. The molecule has 1 heterocycles. The van der Waals surface area contributed by atoms with E-state index in [4.69, 9.17) is 10.5 Å². The third kappa shape index (κ3) is 3.67. The molecule has 19 heavy (non-hydrogen) atoms. The summed E-state index contributed by atoms with van der Waals surface area (Å²) in [6, 6.07) is 11.7. The van der Waals surface area contributed by atoms with Gasteiger partial charge in [0.15, 0.2) is 0 Å². The van der Waals surface area contributed by atoms with Gasteiger partial charge in [-0.15, -0.1) is 0 Å². The number of allylic oxidation sites excluding steroid dienone is 1. The van der Waals surface area contributed by atoms with E-state index in [-0.39, 0.29) is 5.57 Å². The Hall–Kier alpha value is -2.11. The Morgan fingerprint density at radius 1 is 1.16 bits per heavy atom. The molecular formula is C14H14N4S. The molecule has 96 valence electrons. The van der Waals surface area contributed by atoms with Gasteiger partial charge in [-0.3, -0.25) is 0 Å². The molecule has 0 aliphatic carbocycles. The summed E-state index contributed by atoms with van der Waals surface area (Å²) in [5.41, 5.74) is 2.16. The first-order chi connectivity index (χ1) is 9.33. The maximum Gasteiger partial charge on any atom is 0.145 e. The second kappa shape index (κ2) is 6.72. The molecule has 1 aromatic rings. The first kappa shape index (κ1) is 13.3. The minimum Gasteiger partial charge on any atom is -0.370 e. The van der Waals surface area contributed by atoms with Crippen LogP contribution in [0.15, 0.2) is 36.0 Å². The van der Waals surface area contributed by atoms with E-state index in [2.05, 4.69) is 22.3 Å². The lowest BCUT2D eigenvalue weighted by Gasteiger charge is -2.28. The summed E-state index contributed by atoms with van der Waals surface area (Å²) in [6.45, 7) is 2.18. The van der Waals surface area contributed by atoms with Crippen molar-refractivity contribution >= 4 is 23.1 Å². The molecule has 1 N–H and O–H groups in total. The SMILES string of the molecule is N#CC(C#N)=CNc1ccc(N2CCSCC2)cc1. The summed E-state index contributed by atoms with van der Waals surface area (Å²) in [5, 5.41) is 20.2. The Morgan fingerprint density at radius 2 is 1.79 bits per heavy atom. The summed E-state index contributed by atoms with van der Waals surface area (Å²) in [7, 11) is 0. The van der Waals surface area contributed by atoms with E-state index in [0.717, 1.165) is 18.8 Å². The van der Waals surface area contributed by atoms with Crippen molar-refractivity contribution in [2.24, 2.45) is 0 Å². The Kier molecular flexibility index (Phi) is 4.72. The van der Waals surface area contributed by atoms with Crippen LogP contribution in [-0.4, -0.2) is 24.6 Å². The summed E-state index contributed by atoms with van der Waals surface area (Å²) in [4.78, 5) is 2.37. The number of thioether (sulfide) groups is 1. The van der Waals surface area contributed by atoms with Gasteiger partial charge in [0.25, 0.3) is 0 Å². The van der Waals surface area contributed by atoms with Crippen LogP contribution in [-0.2, 0) is 0 Å². The zero-order valence-corrected chi connectivity index (χ0v) is 11.3. The van der Waals surface area contributed by atoms with E-state index in [1.165, 1.54) is 23.4 Å². The van der Waals surface area contributed by atoms with Crippen molar-refractivity contribution in [1.29, 1.82) is 10.5 Å². The molecule has 0 saturated carbocycles. The Morgan fingerprint density at radius 3 is 2.37 bits per heavy atom. The van der Waals surface area contributed by atoms with E-state index < -0.39 is 0 Å². The Balaban J connectivity index is 2.01. The molecule has 1 aromatic carbocycles. The number of nitrogens with zero attached hydrogens (tertiary/aromatic N) is 3. The van der Waals surface area contributed by atoms with Crippen LogP contribution in [0, 0.1) is 22.7 Å². The molecule has 4 nitrogen and oxygen atoms in total. The van der Waals surface area contributed by atoms with Crippen LogP contribution in [0.5, 0.6) is 0 Å². The fraction of sp³-hybridized carbons (Fsp3) is 0.286. The minimum absolute atomic E-state index is 0.0668. The van der Waals surface area contributed by atoms with Gasteiger partial charge < -0.3 is 10.2 Å². The molecule has 1 fully saturated rings. The molecule has 0 spiro atoms. The van der Waals surface area contributed by atoms with Crippen molar-refractivity contribution in [2.45, 2.75) is 0 Å². The molecule has 5 heteroatoms. The van der Waals surface area contributed by atoms with Crippen LogP contribution in [0.25, 0.3) is 0 Å². The van der Waals surface area contributed by atoms with Crippen molar-refractivity contribution in [1.82, 2.24) is 0 Å². The number of rotatable bonds is 3. The Bertz CT molecular complexity index is 514. The number of nitriles is 2. The van der Waals surface area contributed by atoms with Gasteiger partial charge in [0.2, 0.25) is 0 Å². The molecule has 0 radical (unpaired) electrons. The maximum absolute atomic E-state index is 8.63. The molecule has 0 bridgehead atoms. The number of hydrogen-bond acceptors (Lipinski definition) is 5. The number of benzene rings is 1. The topological polar surface area (TPSA) is 62.9 Å². The van der Waals surface area contributed by atoms with Crippen LogP contribution >= 0.6 is 11.8 Å². The van der Waals surface area contributed by atoms with Gasteiger partial charge in [-0.25, -0.2) is 0 Å². The fourth-order valence-corrected chi connectivity index (χ4v) is 2.74. The third-order valence-electron chi connectivity index (χ3n) is 2.87. The lowest BCUT2D eigenvalue weighted by atomic mass is 10.2. The number of nitrogens with one attached hydrogen (secondary N) is 1. The second-order valence-electron chi connectivity index (χ2n) is 4.07. The predicted molar refractivity (Wildman–Crippen MR) is 78.9 cm³/mol. The number of hydrogen-bond donors (Lipinski definition) is 1. The van der Waals surface area contributed by atoms with Crippen molar-refractivity contribution in [3.63, 3.8) is 0 Å². The largest absolute Gasteiger partial charge is 0.370 e. The van der Waals surface area contributed by atoms with E-state index in [9.17, 15) is 0 Å². The highest BCUT2D eigenvalue weighted by Crippen LogP contribution is 2.21.